The van der Waals surface area contributed by atoms with Crippen molar-refractivity contribution in [1.82, 2.24) is 0 Å². The van der Waals surface area contributed by atoms with Crippen LogP contribution in [0.15, 0.2) is 0 Å². The molecule has 0 atom stereocenters. The summed E-state index contributed by atoms with van der Waals surface area (Å²) in [6, 6.07) is 0. The summed E-state index contributed by atoms with van der Waals surface area (Å²) >= 11 is 0. The van der Waals surface area contributed by atoms with Gasteiger partial charge in [0.15, 0.2) is 6.54 Å². The third-order valence-corrected chi connectivity index (χ3v) is 0.274. The van der Waals surface area contributed by atoms with Crippen molar-refractivity contribution in [3.05, 3.63) is 10.1 Å². The van der Waals surface area contributed by atoms with Gasteiger partial charge in [-0.3, -0.25) is 10.1 Å². The van der Waals surface area contributed by atoms with Crippen LogP contribution in [0.4, 0.5) is 0 Å². The molecule has 0 saturated heterocycles. The summed E-state index contributed by atoms with van der Waals surface area (Å²) in [5.41, 5.74) is 0. The van der Waals surface area contributed by atoms with Crippen LogP contribution in [0.2, 0.25) is 0 Å². The second-order valence-corrected chi connectivity index (χ2v) is 0.760. The number of nitrogens with zero attached hydrogens (tertiary/aromatic N) is 1. The van der Waals surface area contributed by atoms with Crippen molar-refractivity contribution < 1.29 is 61.4 Å². The van der Waals surface area contributed by atoms with E-state index in [1.54, 1.807) is 0 Å². The van der Waals surface area contributed by atoms with Gasteiger partial charge in [-0.25, -0.2) is 0 Å². The number of hydrogen-bond acceptors (Lipinski definition) is 3. The first-order chi connectivity index (χ1) is 2.77. The van der Waals surface area contributed by atoms with Gasteiger partial charge in [-0.05, 0) is 0 Å². The van der Waals surface area contributed by atoms with Crippen LogP contribution in [-0.4, -0.2) is 18.1 Å². The molecule has 0 heterocycles. The standard InChI is InChI=1S/C2H4NO3.K/c4-2-1-3(5)6;/h1-2H2;/q-1;+1. The third kappa shape index (κ3) is 10.9. The van der Waals surface area contributed by atoms with Crippen LogP contribution in [0.25, 0.3) is 0 Å². The van der Waals surface area contributed by atoms with Crippen LogP contribution in [0.5, 0.6) is 0 Å². The van der Waals surface area contributed by atoms with Crippen LogP contribution in [-0.2, 0) is 0 Å². The van der Waals surface area contributed by atoms with E-state index in [-0.39, 0.29) is 51.4 Å². The molecule has 0 spiro atoms. The summed E-state index contributed by atoms with van der Waals surface area (Å²) in [6.07, 6.45) is 0. The number of nitro groups is 1. The van der Waals surface area contributed by atoms with E-state index >= 15 is 0 Å². The topological polar surface area (TPSA) is 66.2 Å². The van der Waals surface area contributed by atoms with Gasteiger partial charge in [0.2, 0.25) is 0 Å². The molecule has 0 aromatic rings. The summed E-state index contributed by atoms with van der Waals surface area (Å²) in [5.74, 6) is 0. The van der Waals surface area contributed by atoms with Crippen LogP contribution < -0.4 is 56.5 Å². The van der Waals surface area contributed by atoms with E-state index < -0.39 is 18.1 Å². The average Bonchev–Trinajstić information content (AvgIpc) is 1.35. The van der Waals surface area contributed by atoms with E-state index in [0.29, 0.717) is 0 Å². The zero-order valence-electron chi connectivity index (χ0n) is 4.09. The van der Waals surface area contributed by atoms with E-state index in [9.17, 15) is 15.2 Å². The molecule has 5 heteroatoms. The summed E-state index contributed by atoms with van der Waals surface area (Å²) in [6.45, 7) is -1.08. The maximum Gasteiger partial charge on any atom is 1.00 e. The van der Waals surface area contributed by atoms with Gasteiger partial charge < -0.3 is 5.11 Å². The maximum absolute atomic E-state index is 9.30. The number of rotatable bonds is 2. The van der Waals surface area contributed by atoms with Crippen molar-refractivity contribution in [3.8, 4) is 0 Å². The van der Waals surface area contributed by atoms with Crippen LogP contribution >= 0.6 is 0 Å². The fourth-order valence-corrected chi connectivity index (χ4v) is 0.0745. The smallest absolute Gasteiger partial charge is 0.850 e. The molecule has 0 aromatic heterocycles. The number of hydrogen-bond donors (Lipinski definition) is 0. The molecule has 0 N–H and O–H groups in total. The molecule has 0 radical (unpaired) electrons. The van der Waals surface area contributed by atoms with Gasteiger partial charge in [0.05, 0.1) is 0 Å². The Hall–Kier alpha value is 0.996. The zero-order chi connectivity index (χ0) is 4.99. The Bertz CT molecular complexity index is 56.9. The van der Waals surface area contributed by atoms with Crippen molar-refractivity contribution in [3.63, 3.8) is 0 Å². The molecule has 0 aliphatic rings. The van der Waals surface area contributed by atoms with Crippen molar-refractivity contribution in [1.29, 1.82) is 0 Å². The minimum absolute atomic E-state index is 0. The van der Waals surface area contributed by atoms with Gasteiger partial charge in [-0.1, -0.05) is 6.61 Å². The minimum Gasteiger partial charge on any atom is -0.850 e. The van der Waals surface area contributed by atoms with Gasteiger partial charge in [0, 0.05) is 4.92 Å². The molecule has 0 rings (SSSR count). The molecule has 0 aliphatic heterocycles. The Balaban J connectivity index is 0. The Morgan fingerprint density at radius 1 is 1.57 bits per heavy atom. The summed E-state index contributed by atoms with van der Waals surface area (Å²) in [5, 5.41) is 18.5. The predicted molar refractivity (Wildman–Crippen MR) is 16.7 cm³/mol. The van der Waals surface area contributed by atoms with Crippen molar-refractivity contribution in [2.45, 2.75) is 0 Å². The van der Waals surface area contributed by atoms with Crippen LogP contribution in [0.1, 0.15) is 0 Å². The van der Waals surface area contributed by atoms with Gasteiger partial charge >= 0.3 is 51.4 Å². The average molecular weight is 129 g/mol. The van der Waals surface area contributed by atoms with Crippen molar-refractivity contribution >= 4 is 0 Å². The van der Waals surface area contributed by atoms with Crippen molar-refractivity contribution in [2.24, 2.45) is 0 Å². The second kappa shape index (κ2) is 7.00. The Morgan fingerprint density at radius 2 is 2.00 bits per heavy atom. The molecule has 0 fully saturated rings. The molecular formula is C2H4KNO3. The van der Waals surface area contributed by atoms with Crippen molar-refractivity contribution in [2.75, 3.05) is 13.2 Å². The molecular weight excluding hydrogens is 125 g/mol. The molecule has 0 saturated carbocycles. The molecule has 0 bridgehead atoms. The fourth-order valence-electron chi connectivity index (χ4n) is 0.0745. The van der Waals surface area contributed by atoms with Gasteiger partial charge in [-0.15, -0.1) is 0 Å². The first kappa shape index (κ1) is 10.9. The predicted octanol–water partition coefficient (Wildman–Crippen LogP) is -4.37. The van der Waals surface area contributed by atoms with E-state index in [2.05, 4.69) is 0 Å². The maximum atomic E-state index is 9.30. The molecule has 7 heavy (non-hydrogen) atoms. The quantitative estimate of drug-likeness (QED) is 0.215. The van der Waals surface area contributed by atoms with E-state index in [4.69, 9.17) is 0 Å². The summed E-state index contributed by atoms with van der Waals surface area (Å²) < 4.78 is 0. The van der Waals surface area contributed by atoms with Crippen LogP contribution in [0.3, 0.4) is 0 Å². The minimum atomic E-state index is -0.632. The molecule has 36 valence electrons. The largest absolute Gasteiger partial charge is 1.00 e. The van der Waals surface area contributed by atoms with E-state index in [1.807, 2.05) is 0 Å². The van der Waals surface area contributed by atoms with Gasteiger partial charge in [0.25, 0.3) is 0 Å². The molecule has 0 unspecified atom stereocenters. The van der Waals surface area contributed by atoms with Gasteiger partial charge in [0.1, 0.15) is 0 Å². The Morgan fingerprint density at radius 3 is 2.00 bits per heavy atom. The SMILES string of the molecule is O=[N+]([O-])CC[O-].[K+]. The first-order valence-corrected chi connectivity index (χ1v) is 1.47. The third-order valence-electron chi connectivity index (χ3n) is 0.274. The fraction of sp³-hybridized carbons (Fsp3) is 1.00. The monoisotopic (exact) mass is 129 g/mol. The normalized spacial score (nSPS) is 7.00. The van der Waals surface area contributed by atoms with E-state index in [0.717, 1.165) is 0 Å². The first-order valence-electron chi connectivity index (χ1n) is 1.47. The van der Waals surface area contributed by atoms with E-state index in [1.165, 1.54) is 0 Å². The molecule has 0 aliphatic carbocycles. The summed E-state index contributed by atoms with van der Waals surface area (Å²) in [7, 11) is 0. The Labute approximate surface area is 83.5 Å². The van der Waals surface area contributed by atoms with Gasteiger partial charge in [-0.2, -0.15) is 0 Å². The van der Waals surface area contributed by atoms with Crippen LogP contribution in [0, 0.1) is 10.1 Å². The molecule has 4 nitrogen and oxygen atoms in total. The summed E-state index contributed by atoms with van der Waals surface area (Å²) in [4.78, 5) is 8.57. The molecule has 0 amide bonds. The zero-order valence-corrected chi connectivity index (χ0v) is 7.21. The Kier molecular flexibility index (Phi) is 10.9. The second-order valence-electron chi connectivity index (χ2n) is 0.760. The molecule has 0 aromatic carbocycles.